The summed E-state index contributed by atoms with van der Waals surface area (Å²) >= 11 is 1.46. The van der Waals surface area contributed by atoms with Crippen LogP contribution in [0.2, 0.25) is 0 Å². The third kappa shape index (κ3) is 11.5. The van der Waals surface area contributed by atoms with Crippen molar-refractivity contribution < 1.29 is 49.0 Å². The van der Waals surface area contributed by atoms with Gasteiger partial charge in [0.2, 0.25) is 0 Å². The van der Waals surface area contributed by atoms with Gasteiger partial charge in [-0.1, -0.05) is 116 Å². The molecule has 0 bridgehead atoms. The van der Waals surface area contributed by atoms with Gasteiger partial charge in [0.15, 0.2) is 0 Å². The summed E-state index contributed by atoms with van der Waals surface area (Å²) in [7, 11) is 0. The van der Waals surface area contributed by atoms with E-state index in [1.807, 2.05) is 0 Å². The van der Waals surface area contributed by atoms with Crippen LogP contribution < -0.4 is 24.8 Å². The number of hydrogen-bond donors (Lipinski definition) is 0. The number of fused-ring (bicyclic) bond motifs is 3. The predicted octanol–water partition coefficient (Wildman–Crippen LogP) is 6.35. The van der Waals surface area contributed by atoms with Crippen LogP contribution >= 0.6 is 0 Å². The van der Waals surface area contributed by atoms with Gasteiger partial charge in [0.25, 0.3) is 0 Å². The Kier molecular flexibility index (Phi) is 15.6. The van der Waals surface area contributed by atoms with Crippen LogP contribution in [0, 0.1) is 19.9 Å². The van der Waals surface area contributed by atoms with Crippen molar-refractivity contribution in [2.75, 3.05) is 0 Å². The van der Waals surface area contributed by atoms with Gasteiger partial charge in [-0.3, -0.25) is 0 Å². The molecule has 0 saturated heterocycles. The molecule has 0 radical (unpaired) electrons. The van der Waals surface area contributed by atoms with E-state index in [9.17, 15) is 0 Å². The van der Waals surface area contributed by atoms with E-state index in [2.05, 4.69) is 186 Å². The van der Waals surface area contributed by atoms with Crippen molar-refractivity contribution in [2.45, 2.75) is 112 Å². The van der Waals surface area contributed by atoms with Gasteiger partial charge in [-0.25, -0.2) is 6.07 Å². The molecule has 1 aliphatic rings. The monoisotopic (exact) mass is 780 g/mol. The topological polar surface area (TPSA) is 0 Å². The zero-order chi connectivity index (χ0) is 35.4. The van der Waals surface area contributed by atoms with Crippen LogP contribution in [0.15, 0.2) is 97.1 Å². The number of aryl methyl sites for hydroxylation is 3. The fourth-order valence-corrected chi connectivity index (χ4v) is 6.59. The van der Waals surface area contributed by atoms with Gasteiger partial charge in [0.05, 0.1) is 0 Å². The Bertz CT molecular complexity index is 1730. The summed E-state index contributed by atoms with van der Waals surface area (Å²) in [5.74, 6) is 0. The van der Waals surface area contributed by atoms with Gasteiger partial charge in [0.1, 0.15) is 0 Å². The number of halogens is 2. The molecule has 0 amide bonds. The van der Waals surface area contributed by atoms with Crippen LogP contribution in [-0.4, -0.2) is 3.21 Å². The average molecular weight is 783 g/mol. The zero-order valence-corrected chi connectivity index (χ0v) is 36.4. The zero-order valence-electron chi connectivity index (χ0n) is 32.4. The minimum atomic E-state index is 0. The normalized spacial score (nSPS) is 11.8. The summed E-state index contributed by atoms with van der Waals surface area (Å²) in [5.41, 5.74) is 17.3. The van der Waals surface area contributed by atoms with Crippen LogP contribution in [0.5, 0.6) is 0 Å². The second-order valence-electron chi connectivity index (χ2n) is 16.5. The molecule has 0 unspecified atom stereocenters. The third-order valence-electron chi connectivity index (χ3n) is 9.30. The maximum absolute atomic E-state index is 3.53. The Balaban J connectivity index is 0.000000268. The largest absolute Gasteiger partial charge is 1.00 e. The molecular formula is C47H56Cl2Zr-2. The summed E-state index contributed by atoms with van der Waals surface area (Å²) in [6, 6.07) is 39.4. The first-order valence-electron chi connectivity index (χ1n) is 17.5. The molecule has 264 valence electrons. The molecule has 0 fully saturated rings. The minimum Gasteiger partial charge on any atom is -1.00 e. The number of rotatable bonds is 3. The minimum absolute atomic E-state index is 0. The Morgan fingerprint density at radius 1 is 0.640 bits per heavy atom. The fraction of sp³-hybridized carbons (Fsp3) is 0.362. The Morgan fingerprint density at radius 3 is 1.54 bits per heavy atom. The molecule has 0 N–H and O–H groups in total. The van der Waals surface area contributed by atoms with Crippen molar-refractivity contribution >= 4 is 3.21 Å². The molecule has 0 heterocycles. The molecule has 3 heteroatoms. The van der Waals surface area contributed by atoms with Gasteiger partial charge in [-0.15, -0.1) is 5.56 Å². The second kappa shape index (κ2) is 17.9. The van der Waals surface area contributed by atoms with Crippen molar-refractivity contribution in [3.8, 4) is 11.1 Å². The Labute approximate surface area is 332 Å². The van der Waals surface area contributed by atoms with Crippen molar-refractivity contribution in [3.63, 3.8) is 0 Å². The van der Waals surface area contributed by atoms with E-state index >= 15 is 0 Å². The fourth-order valence-electron chi connectivity index (χ4n) is 5.77. The van der Waals surface area contributed by atoms with Crippen molar-refractivity contribution in [1.82, 2.24) is 0 Å². The van der Waals surface area contributed by atoms with Crippen molar-refractivity contribution in [3.05, 3.63) is 159 Å². The number of benzene rings is 4. The first-order chi connectivity index (χ1) is 22.4. The van der Waals surface area contributed by atoms with E-state index in [0.717, 1.165) is 12.8 Å². The first kappa shape index (κ1) is 43.7. The molecule has 6 rings (SSSR count). The Morgan fingerprint density at radius 2 is 1.12 bits per heavy atom. The molecular weight excluding hydrogens is 727 g/mol. The van der Waals surface area contributed by atoms with E-state index < -0.39 is 0 Å². The maximum Gasteiger partial charge on any atom is -1.00 e. The SMILES string of the molecule is CC(C)(C)c1c[c-]c2c(c1)-c1cc(C(C)(C)C)ccc1C2.CCc1cc(C(C)(C)C)c[cH-]1.Cc1ccc([C](=[Zr+2])c2ccc(C)cc2)cc1.[Cl-].[Cl-]. The number of hydrogen-bond acceptors (Lipinski definition) is 0. The molecule has 0 aromatic heterocycles. The summed E-state index contributed by atoms with van der Waals surface area (Å²) in [4.78, 5) is 0. The summed E-state index contributed by atoms with van der Waals surface area (Å²) < 4.78 is 1.42. The van der Waals surface area contributed by atoms with Crippen LogP contribution in [0.1, 0.15) is 125 Å². The molecule has 50 heavy (non-hydrogen) atoms. The van der Waals surface area contributed by atoms with Gasteiger partial charge < -0.3 is 24.8 Å². The van der Waals surface area contributed by atoms with Crippen LogP contribution in [-0.2, 0) is 53.3 Å². The summed E-state index contributed by atoms with van der Waals surface area (Å²) in [6.45, 7) is 26.8. The summed E-state index contributed by atoms with van der Waals surface area (Å²) in [6.07, 6.45) is 2.18. The summed E-state index contributed by atoms with van der Waals surface area (Å²) in [5, 5.41) is 0. The van der Waals surface area contributed by atoms with E-state index in [4.69, 9.17) is 0 Å². The first-order valence-corrected chi connectivity index (χ1v) is 18.8. The van der Waals surface area contributed by atoms with E-state index in [1.165, 1.54) is 94.2 Å². The van der Waals surface area contributed by atoms with Gasteiger partial charge in [0, 0.05) is 0 Å². The van der Waals surface area contributed by atoms with Crippen molar-refractivity contribution in [1.29, 1.82) is 0 Å². The standard InChI is InChI=1S/C21H25.C15H14.C11H17.2ClH.Zr/c1-20(2,3)16-9-7-14-11-15-8-10-17(21(4,5)6)13-19(15)18(14)12-16;1-12-3-7-14(8-4-12)11-15-9-5-13(2)6-10-15;1-5-9-6-7-10(8-9)11(2,3)4;;;/h7,9-10,12-13H,11H2,1-6H3;3-10H,1-2H3;6-8H,5H2,1-4H3;2*1H;/q-1;;-1;;;+2/p-2. The molecule has 5 aromatic rings. The molecule has 0 spiro atoms. The van der Waals surface area contributed by atoms with E-state index in [-0.39, 0.29) is 35.6 Å². The van der Waals surface area contributed by atoms with Gasteiger partial charge in [-0.2, -0.15) is 52.6 Å². The molecule has 0 saturated carbocycles. The molecule has 1 aliphatic carbocycles. The second-order valence-corrected chi connectivity index (χ2v) is 17.8. The Hall–Kier alpha value is -2.44. The van der Waals surface area contributed by atoms with E-state index in [0.29, 0.717) is 5.41 Å². The van der Waals surface area contributed by atoms with Gasteiger partial charge >= 0.3 is 112 Å². The smallest absolute Gasteiger partial charge is 1.00 e. The average Bonchev–Trinajstić information content (AvgIpc) is 3.66. The van der Waals surface area contributed by atoms with Crippen molar-refractivity contribution in [2.24, 2.45) is 0 Å². The van der Waals surface area contributed by atoms with Crippen LogP contribution in [0.25, 0.3) is 11.1 Å². The molecule has 5 aromatic carbocycles. The van der Waals surface area contributed by atoms with Crippen LogP contribution in [0.4, 0.5) is 0 Å². The third-order valence-corrected chi connectivity index (χ3v) is 10.7. The maximum atomic E-state index is 3.53. The predicted molar refractivity (Wildman–Crippen MR) is 207 cm³/mol. The molecule has 0 aliphatic heterocycles. The van der Waals surface area contributed by atoms with E-state index in [1.54, 1.807) is 0 Å². The van der Waals surface area contributed by atoms with Crippen LogP contribution in [0.3, 0.4) is 0 Å². The molecule has 0 atom stereocenters. The molecule has 0 nitrogen and oxygen atoms in total. The van der Waals surface area contributed by atoms with Gasteiger partial charge in [-0.05, 0) is 17.4 Å². The quantitative estimate of drug-likeness (QED) is 0.184.